The molecule has 1 nitrogen and oxygen atoms in total. The van der Waals surface area contributed by atoms with Crippen molar-refractivity contribution in [2.24, 2.45) is 0 Å². The van der Waals surface area contributed by atoms with E-state index in [1.54, 1.807) is 0 Å². The second kappa shape index (κ2) is 14.9. The summed E-state index contributed by atoms with van der Waals surface area (Å²) in [4.78, 5) is 2.39. The molecule has 60 heavy (non-hydrogen) atoms. The lowest BCUT2D eigenvalue weighted by molar-refractivity contribution is 0.768. The summed E-state index contributed by atoms with van der Waals surface area (Å²) < 4.78 is 0. The van der Waals surface area contributed by atoms with Gasteiger partial charge in [-0.25, -0.2) is 0 Å². The van der Waals surface area contributed by atoms with Crippen molar-refractivity contribution < 1.29 is 0 Å². The van der Waals surface area contributed by atoms with E-state index < -0.39 is 5.41 Å². The predicted molar refractivity (Wildman–Crippen MR) is 252 cm³/mol. The van der Waals surface area contributed by atoms with Crippen LogP contribution in [0, 0.1) is 0 Å². The Balaban J connectivity index is 1.02. The highest BCUT2D eigenvalue weighted by molar-refractivity contribution is 5.98. The number of benzene rings is 10. The maximum absolute atomic E-state index is 2.39. The third kappa shape index (κ3) is 5.78. The van der Waals surface area contributed by atoms with Crippen molar-refractivity contribution in [2.75, 3.05) is 4.90 Å². The first-order chi connectivity index (χ1) is 29.8. The van der Waals surface area contributed by atoms with Gasteiger partial charge in [0.15, 0.2) is 0 Å². The SMILES string of the molecule is c1ccc(N(c2ccc(-c3cccc4c3-c3ccccc3C4(c3ccccc3)c3ccccc3)cc2)c2ccccc2-c2ccc(-c3cccc4ccccc34)cc2)cc1. The quantitative estimate of drug-likeness (QED) is 0.149. The van der Waals surface area contributed by atoms with E-state index in [2.05, 4.69) is 254 Å². The summed E-state index contributed by atoms with van der Waals surface area (Å²) >= 11 is 0. The molecule has 0 amide bonds. The van der Waals surface area contributed by atoms with Gasteiger partial charge in [-0.3, -0.25) is 0 Å². The Kier molecular flexibility index (Phi) is 8.79. The van der Waals surface area contributed by atoms with Gasteiger partial charge in [0.1, 0.15) is 0 Å². The van der Waals surface area contributed by atoms with E-state index in [4.69, 9.17) is 0 Å². The van der Waals surface area contributed by atoms with E-state index in [-0.39, 0.29) is 0 Å². The van der Waals surface area contributed by atoms with Gasteiger partial charge in [-0.15, -0.1) is 0 Å². The molecule has 0 saturated heterocycles. The fourth-order valence-corrected chi connectivity index (χ4v) is 9.75. The maximum atomic E-state index is 2.39. The van der Waals surface area contributed by atoms with E-state index >= 15 is 0 Å². The fourth-order valence-electron chi connectivity index (χ4n) is 9.75. The van der Waals surface area contributed by atoms with E-state index in [0.29, 0.717) is 0 Å². The van der Waals surface area contributed by atoms with Gasteiger partial charge in [-0.1, -0.05) is 218 Å². The number of hydrogen-bond donors (Lipinski definition) is 0. The van der Waals surface area contributed by atoms with Crippen molar-refractivity contribution in [2.45, 2.75) is 5.41 Å². The second-order valence-corrected chi connectivity index (χ2v) is 15.6. The molecule has 1 aliphatic rings. The van der Waals surface area contributed by atoms with Crippen LogP contribution in [0.25, 0.3) is 55.3 Å². The molecule has 0 saturated carbocycles. The number of para-hydroxylation sites is 2. The summed E-state index contributed by atoms with van der Waals surface area (Å²) in [5.74, 6) is 0. The summed E-state index contributed by atoms with van der Waals surface area (Å²) in [6.07, 6.45) is 0. The van der Waals surface area contributed by atoms with Crippen molar-refractivity contribution in [3.05, 3.63) is 271 Å². The van der Waals surface area contributed by atoms with Gasteiger partial charge >= 0.3 is 0 Å². The zero-order valence-electron chi connectivity index (χ0n) is 33.1. The van der Waals surface area contributed by atoms with Crippen molar-refractivity contribution in [1.29, 1.82) is 0 Å². The largest absolute Gasteiger partial charge is 0.310 e. The molecule has 11 rings (SSSR count). The normalized spacial score (nSPS) is 12.5. The third-order valence-electron chi connectivity index (χ3n) is 12.4. The number of nitrogens with zero attached hydrogens (tertiary/aromatic N) is 1. The highest BCUT2D eigenvalue weighted by Crippen LogP contribution is 2.58. The molecule has 0 fully saturated rings. The first-order valence-corrected chi connectivity index (χ1v) is 20.8. The van der Waals surface area contributed by atoms with E-state index in [1.807, 2.05) is 0 Å². The van der Waals surface area contributed by atoms with Gasteiger partial charge in [0.25, 0.3) is 0 Å². The molecule has 0 radical (unpaired) electrons. The van der Waals surface area contributed by atoms with Crippen molar-refractivity contribution in [1.82, 2.24) is 0 Å². The second-order valence-electron chi connectivity index (χ2n) is 15.6. The number of fused-ring (bicyclic) bond motifs is 4. The van der Waals surface area contributed by atoms with Crippen LogP contribution in [-0.4, -0.2) is 0 Å². The zero-order valence-corrected chi connectivity index (χ0v) is 33.1. The summed E-state index contributed by atoms with van der Waals surface area (Å²) in [7, 11) is 0. The molecule has 0 bridgehead atoms. The van der Waals surface area contributed by atoms with Crippen LogP contribution < -0.4 is 4.90 Å². The minimum Gasteiger partial charge on any atom is -0.310 e. The summed E-state index contributed by atoms with van der Waals surface area (Å²) in [5, 5.41) is 2.52. The van der Waals surface area contributed by atoms with Crippen molar-refractivity contribution in [3.63, 3.8) is 0 Å². The number of hydrogen-bond acceptors (Lipinski definition) is 1. The fraction of sp³-hybridized carbons (Fsp3) is 0.0169. The molecule has 10 aromatic carbocycles. The van der Waals surface area contributed by atoms with E-state index in [1.165, 1.54) is 77.5 Å². The molecule has 0 heterocycles. The Morgan fingerprint density at radius 2 is 0.733 bits per heavy atom. The van der Waals surface area contributed by atoms with Gasteiger partial charge in [0, 0.05) is 16.9 Å². The molecule has 1 heteroatoms. The average Bonchev–Trinajstić information content (AvgIpc) is 3.64. The van der Waals surface area contributed by atoms with Crippen molar-refractivity contribution in [3.8, 4) is 44.5 Å². The molecular formula is C59H41N. The van der Waals surface area contributed by atoms with Crippen LogP contribution in [0.3, 0.4) is 0 Å². The molecule has 1 aliphatic carbocycles. The lowest BCUT2D eigenvalue weighted by atomic mass is 9.67. The Bertz CT molecular complexity index is 3070. The van der Waals surface area contributed by atoms with E-state index in [0.717, 1.165) is 17.1 Å². The lowest BCUT2D eigenvalue weighted by Crippen LogP contribution is -2.28. The molecule has 0 unspecified atom stereocenters. The molecule has 0 aromatic heterocycles. The minimum atomic E-state index is -0.439. The average molecular weight is 764 g/mol. The smallest absolute Gasteiger partial charge is 0.0713 e. The number of rotatable bonds is 8. The summed E-state index contributed by atoms with van der Waals surface area (Å²) in [6, 6.07) is 90.8. The molecule has 0 spiro atoms. The third-order valence-corrected chi connectivity index (χ3v) is 12.4. The van der Waals surface area contributed by atoms with Gasteiger partial charge in [0.2, 0.25) is 0 Å². The van der Waals surface area contributed by atoms with Gasteiger partial charge in [0.05, 0.1) is 11.1 Å². The Hall–Kier alpha value is -7.74. The molecule has 0 atom stereocenters. The van der Waals surface area contributed by atoms with Crippen LogP contribution in [-0.2, 0) is 5.41 Å². The van der Waals surface area contributed by atoms with Gasteiger partial charge < -0.3 is 4.90 Å². The van der Waals surface area contributed by atoms with Crippen LogP contribution in [0.5, 0.6) is 0 Å². The highest BCUT2D eigenvalue weighted by Gasteiger charge is 2.46. The standard InChI is InChI=1S/C59H41N/c1-4-20-46(21-5-1)59(47-22-6-2-7-23-47)55-31-14-12-28-54(55)58-53(30-17-32-56(58)59)45-38-40-49(41-39-45)60(48-24-8-3-9-25-48)57-33-15-13-27-52(57)44-36-34-43(35-37-44)51-29-16-19-42-18-10-11-26-50(42)51/h1-41H. The molecular weight excluding hydrogens is 723 g/mol. The zero-order chi connectivity index (χ0) is 39.9. The van der Waals surface area contributed by atoms with Gasteiger partial charge in [-0.05, 0) is 102 Å². The first kappa shape index (κ1) is 35.4. The van der Waals surface area contributed by atoms with Crippen LogP contribution in [0.15, 0.2) is 249 Å². The highest BCUT2D eigenvalue weighted by atomic mass is 15.1. The summed E-state index contributed by atoms with van der Waals surface area (Å²) in [6.45, 7) is 0. The van der Waals surface area contributed by atoms with Crippen LogP contribution >= 0.6 is 0 Å². The van der Waals surface area contributed by atoms with Gasteiger partial charge in [-0.2, -0.15) is 0 Å². The van der Waals surface area contributed by atoms with Crippen LogP contribution in [0.2, 0.25) is 0 Å². The lowest BCUT2D eigenvalue weighted by Gasteiger charge is -2.34. The monoisotopic (exact) mass is 763 g/mol. The molecule has 0 aliphatic heterocycles. The Morgan fingerprint density at radius 3 is 1.45 bits per heavy atom. The topological polar surface area (TPSA) is 3.24 Å². The number of anilines is 3. The maximum Gasteiger partial charge on any atom is 0.0713 e. The Morgan fingerprint density at radius 1 is 0.283 bits per heavy atom. The summed E-state index contributed by atoms with van der Waals surface area (Å²) in [5.41, 5.74) is 17.9. The predicted octanol–water partition coefficient (Wildman–Crippen LogP) is 15.7. The molecule has 282 valence electrons. The molecule has 10 aromatic rings. The Labute approximate surface area is 352 Å². The van der Waals surface area contributed by atoms with Crippen LogP contribution in [0.4, 0.5) is 17.1 Å². The minimum absolute atomic E-state index is 0.439. The van der Waals surface area contributed by atoms with Crippen LogP contribution in [0.1, 0.15) is 22.3 Å². The first-order valence-electron chi connectivity index (χ1n) is 20.8. The van der Waals surface area contributed by atoms with E-state index in [9.17, 15) is 0 Å². The van der Waals surface area contributed by atoms with Crippen molar-refractivity contribution >= 4 is 27.8 Å². The molecule has 0 N–H and O–H groups in total.